The Labute approximate surface area is 194 Å². The van der Waals surface area contributed by atoms with Crippen molar-refractivity contribution in [2.24, 2.45) is 0 Å². The van der Waals surface area contributed by atoms with Crippen molar-refractivity contribution in [2.45, 2.75) is 11.3 Å². The highest BCUT2D eigenvalue weighted by Gasteiger charge is 2.31. The summed E-state index contributed by atoms with van der Waals surface area (Å²) in [4.78, 5) is 12.4. The second-order valence-corrected chi connectivity index (χ2v) is 9.28. The maximum absolute atomic E-state index is 12.9. The predicted molar refractivity (Wildman–Crippen MR) is 117 cm³/mol. The summed E-state index contributed by atoms with van der Waals surface area (Å²) in [6.45, 7) is 0. The van der Waals surface area contributed by atoms with Crippen LogP contribution in [0.15, 0.2) is 76.1 Å². The van der Waals surface area contributed by atoms with Crippen molar-refractivity contribution in [3.63, 3.8) is 0 Å². The van der Waals surface area contributed by atoms with E-state index in [4.69, 9.17) is 11.6 Å². The van der Waals surface area contributed by atoms with Crippen LogP contribution in [0, 0.1) is 0 Å². The van der Waals surface area contributed by atoms with E-state index in [0.717, 1.165) is 34.8 Å². The number of sulfonamides is 1. The molecule has 1 amide bonds. The van der Waals surface area contributed by atoms with E-state index in [0.29, 0.717) is 5.69 Å². The maximum atomic E-state index is 12.9. The molecule has 0 atom stereocenters. The summed E-state index contributed by atoms with van der Waals surface area (Å²) in [6.07, 6.45) is -4.87. The molecule has 0 heterocycles. The zero-order chi connectivity index (χ0) is 23.5. The molecule has 0 fully saturated rings. The van der Waals surface area contributed by atoms with Crippen molar-refractivity contribution in [1.82, 2.24) is 0 Å². The van der Waals surface area contributed by atoms with Crippen molar-refractivity contribution in [1.29, 1.82) is 0 Å². The zero-order valence-corrected chi connectivity index (χ0v) is 18.9. The van der Waals surface area contributed by atoms with E-state index in [2.05, 4.69) is 30.7 Å². The lowest BCUT2D eigenvalue weighted by molar-refractivity contribution is -0.274. The minimum absolute atomic E-state index is 0.0336. The van der Waals surface area contributed by atoms with Gasteiger partial charge in [0.15, 0.2) is 0 Å². The quantitative estimate of drug-likeness (QED) is 0.392. The number of amides is 1. The smallest absolute Gasteiger partial charge is 0.406 e. The number of anilines is 2. The lowest BCUT2D eigenvalue weighted by atomic mass is 10.2. The molecule has 3 aromatic rings. The second-order valence-electron chi connectivity index (χ2n) is 6.28. The van der Waals surface area contributed by atoms with Gasteiger partial charge in [0.25, 0.3) is 15.9 Å². The maximum Gasteiger partial charge on any atom is 0.573 e. The number of nitrogens with one attached hydrogen (secondary N) is 2. The topological polar surface area (TPSA) is 84.5 Å². The van der Waals surface area contributed by atoms with Crippen LogP contribution in [0.25, 0.3) is 0 Å². The molecule has 0 saturated carbocycles. The van der Waals surface area contributed by atoms with E-state index >= 15 is 0 Å². The van der Waals surface area contributed by atoms with Gasteiger partial charge in [-0.3, -0.25) is 9.52 Å². The van der Waals surface area contributed by atoms with Gasteiger partial charge in [0.05, 0.1) is 5.56 Å². The monoisotopic (exact) mass is 548 g/mol. The SMILES string of the molecule is O=C(Nc1ccc(Br)cc1)c1cc(Cl)ccc1S(=O)(=O)Nc1ccc(OC(F)(F)F)cc1. The molecule has 12 heteroatoms. The molecule has 0 saturated heterocycles. The van der Waals surface area contributed by atoms with Crippen LogP contribution in [0.3, 0.4) is 0 Å². The van der Waals surface area contributed by atoms with Gasteiger partial charge in [0.2, 0.25) is 0 Å². The molecule has 3 aromatic carbocycles. The third kappa shape index (κ3) is 6.38. The summed E-state index contributed by atoms with van der Waals surface area (Å²) >= 11 is 9.23. The molecule has 0 unspecified atom stereocenters. The highest BCUT2D eigenvalue weighted by Crippen LogP contribution is 2.27. The normalized spacial score (nSPS) is 11.7. The van der Waals surface area contributed by atoms with Crippen LogP contribution in [0.5, 0.6) is 5.75 Å². The molecular formula is C20H13BrClF3N2O4S. The summed E-state index contributed by atoms with van der Waals surface area (Å²) in [5, 5.41) is 2.72. The van der Waals surface area contributed by atoms with Gasteiger partial charge in [-0.1, -0.05) is 27.5 Å². The lowest BCUT2D eigenvalue weighted by Crippen LogP contribution is -2.20. The first-order valence-electron chi connectivity index (χ1n) is 8.68. The van der Waals surface area contributed by atoms with Gasteiger partial charge in [-0.05, 0) is 66.7 Å². The van der Waals surface area contributed by atoms with E-state index in [1.165, 1.54) is 12.1 Å². The number of carbonyl (C=O) groups is 1. The molecule has 0 radical (unpaired) electrons. The standard InChI is InChI=1S/C20H13BrClF3N2O4S/c21-12-1-4-14(5-2-12)26-19(28)17-11-13(22)3-10-18(17)32(29,30)27-15-6-8-16(9-7-15)31-20(23,24)25/h1-11,27H,(H,26,28). The number of carbonyl (C=O) groups excluding carboxylic acids is 1. The Morgan fingerprint density at radius 3 is 2.12 bits per heavy atom. The first kappa shape index (κ1) is 23.9. The van der Waals surface area contributed by atoms with Crippen molar-refractivity contribution in [2.75, 3.05) is 10.0 Å². The molecule has 0 aliphatic rings. The summed E-state index contributed by atoms with van der Waals surface area (Å²) in [5.74, 6) is -1.23. The van der Waals surface area contributed by atoms with Gasteiger partial charge in [-0.15, -0.1) is 13.2 Å². The first-order chi connectivity index (χ1) is 14.9. The van der Waals surface area contributed by atoms with Gasteiger partial charge in [0, 0.05) is 20.9 Å². The molecule has 6 nitrogen and oxygen atoms in total. The number of halogens is 5. The molecule has 0 spiro atoms. The van der Waals surface area contributed by atoms with Gasteiger partial charge >= 0.3 is 6.36 Å². The van der Waals surface area contributed by atoms with Crippen LogP contribution in [-0.2, 0) is 10.0 Å². The summed E-state index contributed by atoms with van der Waals surface area (Å²) in [6, 6.07) is 14.4. The van der Waals surface area contributed by atoms with Crippen molar-refractivity contribution in [3.05, 3.63) is 81.8 Å². The Balaban J connectivity index is 1.86. The summed E-state index contributed by atoms with van der Waals surface area (Å²) < 4.78 is 69.4. The van der Waals surface area contributed by atoms with Crippen LogP contribution in [-0.4, -0.2) is 20.7 Å². The largest absolute Gasteiger partial charge is 0.573 e. The van der Waals surface area contributed by atoms with Crippen molar-refractivity contribution < 1.29 is 31.1 Å². The van der Waals surface area contributed by atoms with Crippen molar-refractivity contribution in [3.8, 4) is 5.75 Å². The molecule has 0 bridgehead atoms. The van der Waals surface area contributed by atoms with Crippen LogP contribution < -0.4 is 14.8 Å². The Morgan fingerprint density at radius 2 is 1.53 bits per heavy atom. The molecule has 32 heavy (non-hydrogen) atoms. The molecular weight excluding hydrogens is 537 g/mol. The lowest BCUT2D eigenvalue weighted by Gasteiger charge is -2.14. The fourth-order valence-electron chi connectivity index (χ4n) is 2.58. The van der Waals surface area contributed by atoms with Crippen molar-refractivity contribution >= 4 is 54.8 Å². The fraction of sp³-hybridized carbons (Fsp3) is 0.0500. The van der Waals surface area contributed by atoms with E-state index < -0.39 is 28.0 Å². The fourth-order valence-corrected chi connectivity index (χ4v) is 4.26. The number of ether oxygens (including phenoxy) is 1. The number of hydrogen-bond acceptors (Lipinski definition) is 4. The average Bonchev–Trinajstić information content (AvgIpc) is 2.69. The van der Waals surface area contributed by atoms with Crippen LogP contribution in [0.4, 0.5) is 24.5 Å². The highest BCUT2D eigenvalue weighted by atomic mass is 79.9. The number of hydrogen-bond donors (Lipinski definition) is 2. The van der Waals surface area contributed by atoms with Crippen LogP contribution in [0.1, 0.15) is 10.4 Å². The number of rotatable bonds is 6. The third-order valence-electron chi connectivity index (χ3n) is 3.92. The minimum atomic E-state index is -4.87. The van der Waals surface area contributed by atoms with Gasteiger partial charge in [0.1, 0.15) is 10.6 Å². The van der Waals surface area contributed by atoms with Gasteiger partial charge < -0.3 is 10.1 Å². The Kier molecular flexibility index (Phi) is 7.01. The molecule has 0 aliphatic carbocycles. The third-order valence-corrected chi connectivity index (χ3v) is 6.12. The Morgan fingerprint density at radius 1 is 0.938 bits per heavy atom. The van der Waals surface area contributed by atoms with Crippen LogP contribution in [0.2, 0.25) is 5.02 Å². The second kappa shape index (κ2) is 9.39. The Hall–Kier alpha value is -2.76. The first-order valence-corrected chi connectivity index (χ1v) is 11.3. The highest BCUT2D eigenvalue weighted by molar-refractivity contribution is 9.10. The van der Waals surface area contributed by atoms with Crippen LogP contribution >= 0.6 is 27.5 Å². The summed E-state index contributed by atoms with van der Waals surface area (Å²) in [7, 11) is -4.29. The van der Waals surface area contributed by atoms with E-state index in [1.54, 1.807) is 24.3 Å². The van der Waals surface area contributed by atoms with Gasteiger partial charge in [-0.25, -0.2) is 8.42 Å². The number of benzene rings is 3. The van der Waals surface area contributed by atoms with Gasteiger partial charge in [-0.2, -0.15) is 0 Å². The minimum Gasteiger partial charge on any atom is -0.406 e. The van der Waals surface area contributed by atoms with E-state index in [9.17, 15) is 26.4 Å². The van der Waals surface area contributed by atoms with E-state index in [1.807, 2.05) is 0 Å². The molecule has 3 rings (SSSR count). The average molecular weight is 550 g/mol. The molecule has 2 N–H and O–H groups in total. The molecule has 0 aliphatic heterocycles. The van der Waals surface area contributed by atoms with E-state index in [-0.39, 0.29) is 21.2 Å². The summed E-state index contributed by atoms with van der Waals surface area (Å²) in [5.41, 5.74) is 0.174. The molecule has 168 valence electrons. The predicted octanol–water partition coefficient (Wildman–Crippen LogP) is 6.05. The molecule has 0 aromatic heterocycles. The Bertz CT molecular complexity index is 1240. The zero-order valence-electron chi connectivity index (χ0n) is 15.8. The number of alkyl halides is 3.